The van der Waals surface area contributed by atoms with Gasteiger partial charge in [0.1, 0.15) is 28.5 Å². The van der Waals surface area contributed by atoms with Gasteiger partial charge in [-0.25, -0.2) is 14.8 Å². The van der Waals surface area contributed by atoms with Crippen LogP contribution < -0.4 is 5.32 Å². The summed E-state index contributed by atoms with van der Waals surface area (Å²) in [5, 5.41) is 2.98. The van der Waals surface area contributed by atoms with E-state index >= 15 is 0 Å². The number of carbonyl (C=O) groups is 2. The van der Waals surface area contributed by atoms with Crippen molar-refractivity contribution in [3.8, 4) is 11.3 Å². The summed E-state index contributed by atoms with van der Waals surface area (Å²) in [4.78, 5) is 35.8. The number of aromatic amines is 1. The Labute approximate surface area is 179 Å². The number of ether oxygens (including phenoxy) is 2. The van der Waals surface area contributed by atoms with E-state index in [-0.39, 0.29) is 17.5 Å². The summed E-state index contributed by atoms with van der Waals surface area (Å²) >= 11 is 6.19. The molecule has 2 N–H and O–H groups in total. The number of nitrogens with one attached hydrogen (secondary N) is 2. The fraction of sp³-hybridized carbons (Fsp3) is 0.333. The van der Waals surface area contributed by atoms with Gasteiger partial charge in [-0.1, -0.05) is 23.7 Å². The number of amides is 1. The van der Waals surface area contributed by atoms with Crippen LogP contribution in [0.3, 0.4) is 0 Å². The maximum Gasteiger partial charge on any atom is 0.412 e. The summed E-state index contributed by atoms with van der Waals surface area (Å²) in [5.74, 6) is 0.0810. The first kappa shape index (κ1) is 21.6. The summed E-state index contributed by atoms with van der Waals surface area (Å²) in [6, 6.07) is 8.75. The van der Waals surface area contributed by atoms with E-state index < -0.39 is 11.7 Å². The summed E-state index contributed by atoms with van der Waals surface area (Å²) in [7, 11) is 0. The number of hydrogen-bond acceptors (Lipinski definition) is 6. The number of H-pyrrole nitrogens is 1. The van der Waals surface area contributed by atoms with E-state index in [4.69, 9.17) is 21.1 Å². The van der Waals surface area contributed by atoms with Gasteiger partial charge in [-0.15, -0.1) is 0 Å². The van der Waals surface area contributed by atoms with Crippen LogP contribution in [-0.4, -0.2) is 39.2 Å². The Bertz CT molecular complexity index is 1090. The summed E-state index contributed by atoms with van der Waals surface area (Å²) in [6.45, 7) is 7.43. The smallest absolute Gasteiger partial charge is 0.412 e. The summed E-state index contributed by atoms with van der Waals surface area (Å²) in [6.07, 6.45) is -0.542. The normalized spacial score (nSPS) is 11.4. The molecule has 3 aromatic rings. The highest BCUT2D eigenvalue weighted by Crippen LogP contribution is 2.29. The molecule has 1 amide bonds. The monoisotopic (exact) mass is 430 g/mol. The Morgan fingerprint density at radius 1 is 1.20 bits per heavy atom. The predicted octanol–water partition coefficient (Wildman–Crippen LogP) is 4.73. The first-order valence-corrected chi connectivity index (χ1v) is 9.83. The van der Waals surface area contributed by atoms with Crippen LogP contribution in [0.4, 0.5) is 10.5 Å². The molecule has 3 rings (SSSR count). The molecule has 0 saturated carbocycles. The zero-order valence-electron chi connectivity index (χ0n) is 17.2. The number of carbonyl (C=O) groups excluding carboxylic acids is 2. The van der Waals surface area contributed by atoms with Gasteiger partial charge in [0.25, 0.3) is 0 Å². The van der Waals surface area contributed by atoms with Crippen LogP contribution in [0.25, 0.3) is 22.3 Å². The third-order valence-corrected chi connectivity index (χ3v) is 4.08. The lowest BCUT2D eigenvalue weighted by Gasteiger charge is -2.19. The van der Waals surface area contributed by atoms with Crippen molar-refractivity contribution >= 4 is 40.4 Å². The molecule has 1 aromatic carbocycles. The largest absolute Gasteiger partial charge is 0.466 e. The predicted molar refractivity (Wildman–Crippen MR) is 115 cm³/mol. The fourth-order valence-electron chi connectivity index (χ4n) is 2.83. The van der Waals surface area contributed by atoms with Crippen LogP contribution in [0, 0.1) is 0 Å². The number of fused-ring (bicyclic) bond motifs is 1. The Hall–Kier alpha value is -3.13. The van der Waals surface area contributed by atoms with Crippen molar-refractivity contribution in [2.45, 2.75) is 39.7 Å². The minimum Gasteiger partial charge on any atom is -0.466 e. The molecule has 0 saturated heterocycles. The Morgan fingerprint density at radius 3 is 2.67 bits per heavy atom. The van der Waals surface area contributed by atoms with Crippen molar-refractivity contribution in [1.29, 1.82) is 0 Å². The molecular weight excluding hydrogens is 408 g/mol. The lowest BCUT2D eigenvalue weighted by Crippen LogP contribution is -2.27. The molecule has 30 heavy (non-hydrogen) atoms. The second-order valence-corrected chi connectivity index (χ2v) is 7.95. The van der Waals surface area contributed by atoms with Gasteiger partial charge in [0, 0.05) is 17.3 Å². The van der Waals surface area contributed by atoms with E-state index in [0.29, 0.717) is 40.4 Å². The van der Waals surface area contributed by atoms with Crippen molar-refractivity contribution in [2.75, 3.05) is 11.9 Å². The van der Waals surface area contributed by atoms with E-state index in [1.807, 2.05) is 6.07 Å². The molecule has 2 heterocycles. The molecule has 0 aliphatic carbocycles. The third kappa shape index (κ3) is 5.48. The fourth-order valence-corrected chi connectivity index (χ4v) is 3.03. The molecule has 0 radical (unpaired) electrons. The molecule has 0 aliphatic rings. The van der Waals surface area contributed by atoms with Crippen molar-refractivity contribution in [1.82, 2.24) is 15.0 Å². The maximum atomic E-state index is 12.1. The highest BCUT2D eigenvalue weighted by molar-refractivity contribution is 6.30. The van der Waals surface area contributed by atoms with Crippen molar-refractivity contribution in [3.63, 3.8) is 0 Å². The van der Waals surface area contributed by atoms with Gasteiger partial charge in [0.05, 0.1) is 17.8 Å². The first-order valence-electron chi connectivity index (χ1n) is 9.46. The van der Waals surface area contributed by atoms with Crippen molar-refractivity contribution < 1.29 is 19.1 Å². The number of rotatable bonds is 5. The van der Waals surface area contributed by atoms with Gasteiger partial charge < -0.3 is 14.5 Å². The van der Waals surface area contributed by atoms with Gasteiger partial charge in [-0.3, -0.25) is 10.1 Å². The Balaban J connectivity index is 1.93. The highest BCUT2D eigenvalue weighted by Gasteiger charge is 2.18. The number of nitrogens with zero attached hydrogens (tertiary/aromatic N) is 2. The maximum absolute atomic E-state index is 12.1. The van der Waals surface area contributed by atoms with E-state index in [2.05, 4.69) is 20.3 Å². The number of benzene rings is 1. The van der Waals surface area contributed by atoms with E-state index in [1.165, 1.54) is 0 Å². The third-order valence-electron chi connectivity index (χ3n) is 3.89. The minimum atomic E-state index is -0.604. The molecule has 8 nitrogen and oxygen atoms in total. The second-order valence-electron chi connectivity index (χ2n) is 7.56. The molecule has 9 heteroatoms. The number of halogens is 1. The molecular formula is C21H23ClN4O4. The number of anilines is 1. The number of aromatic nitrogens is 3. The molecule has 0 unspecified atom stereocenters. The lowest BCUT2D eigenvalue weighted by molar-refractivity contribution is -0.142. The number of hydrogen-bond donors (Lipinski definition) is 2. The van der Waals surface area contributed by atoms with Crippen molar-refractivity contribution in [3.05, 3.63) is 41.3 Å². The van der Waals surface area contributed by atoms with Crippen LogP contribution in [0.5, 0.6) is 0 Å². The number of pyridine rings is 1. The van der Waals surface area contributed by atoms with Gasteiger partial charge in [0.15, 0.2) is 0 Å². The zero-order valence-corrected chi connectivity index (χ0v) is 18.0. The Kier molecular flexibility index (Phi) is 6.26. The topological polar surface area (TPSA) is 106 Å². The summed E-state index contributed by atoms with van der Waals surface area (Å²) in [5.41, 5.74) is 2.37. The zero-order chi connectivity index (χ0) is 21.9. The SMILES string of the molecule is CCOC(=O)Cc1nc2c(-c3cccc(NC(=O)OC(C)(C)C)c3)nc(Cl)cc2[nH]1. The molecule has 0 aliphatic heterocycles. The van der Waals surface area contributed by atoms with Crippen LogP contribution >= 0.6 is 11.6 Å². The van der Waals surface area contributed by atoms with Gasteiger partial charge in [0.2, 0.25) is 0 Å². The number of esters is 1. The first-order chi connectivity index (χ1) is 14.1. The van der Waals surface area contributed by atoms with Crippen LogP contribution in [-0.2, 0) is 20.7 Å². The summed E-state index contributed by atoms with van der Waals surface area (Å²) < 4.78 is 10.3. The van der Waals surface area contributed by atoms with Crippen LogP contribution in [0.15, 0.2) is 30.3 Å². The standard InChI is InChI=1S/C21H23ClN4O4/c1-5-29-17(27)11-16-24-14-10-15(22)25-18(19(14)26-16)12-7-6-8-13(9-12)23-20(28)30-21(2,3)4/h6-10H,5,11H2,1-4H3,(H,23,28)(H,24,26). The van der Waals surface area contributed by atoms with Crippen LogP contribution in [0.2, 0.25) is 5.15 Å². The van der Waals surface area contributed by atoms with Crippen molar-refractivity contribution in [2.24, 2.45) is 0 Å². The van der Waals surface area contributed by atoms with E-state index in [0.717, 1.165) is 0 Å². The van der Waals surface area contributed by atoms with Gasteiger partial charge in [-0.2, -0.15) is 0 Å². The number of imidazole rings is 1. The average molecular weight is 431 g/mol. The van der Waals surface area contributed by atoms with Crippen LogP contribution in [0.1, 0.15) is 33.5 Å². The average Bonchev–Trinajstić information content (AvgIpc) is 3.01. The molecule has 0 bridgehead atoms. The van der Waals surface area contributed by atoms with E-state index in [1.54, 1.807) is 52.0 Å². The lowest BCUT2D eigenvalue weighted by atomic mass is 10.1. The second kappa shape index (κ2) is 8.71. The molecule has 158 valence electrons. The molecule has 0 spiro atoms. The quantitative estimate of drug-likeness (QED) is 0.447. The molecule has 0 atom stereocenters. The minimum absolute atomic E-state index is 0.0137. The Morgan fingerprint density at radius 2 is 1.97 bits per heavy atom. The van der Waals surface area contributed by atoms with Gasteiger partial charge in [-0.05, 0) is 39.8 Å². The van der Waals surface area contributed by atoms with E-state index in [9.17, 15) is 9.59 Å². The molecule has 0 fully saturated rings. The highest BCUT2D eigenvalue weighted by atomic mass is 35.5. The molecule has 2 aromatic heterocycles. The van der Waals surface area contributed by atoms with Gasteiger partial charge >= 0.3 is 12.1 Å².